The Hall–Kier alpha value is -0.560. The Balaban J connectivity index is 3.13. The molecular weight excluding hydrogens is 98.1 g/mol. The summed E-state index contributed by atoms with van der Waals surface area (Å²) in [4.78, 5) is 0. The van der Waals surface area contributed by atoms with Crippen molar-refractivity contribution in [1.82, 2.24) is 0 Å². The van der Waals surface area contributed by atoms with E-state index in [1.165, 1.54) is 0 Å². The standard InChI is InChI=1S/C7H13N/c1-3-4-5-6-7-8-2/h4-8H,3H2,1-2H3/p+1. The quantitative estimate of drug-likeness (QED) is 0.516. The Morgan fingerprint density at radius 1 is 1.38 bits per heavy atom. The molecular formula is C7H14N+. The molecule has 0 saturated heterocycles. The summed E-state index contributed by atoms with van der Waals surface area (Å²) in [5, 5.41) is 2.01. The van der Waals surface area contributed by atoms with Gasteiger partial charge in [-0.2, -0.15) is 0 Å². The van der Waals surface area contributed by atoms with E-state index >= 15 is 0 Å². The van der Waals surface area contributed by atoms with Crippen molar-refractivity contribution in [3.8, 4) is 0 Å². The van der Waals surface area contributed by atoms with E-state index in [1.54, 1.807) is 0 Å². The molecule has 0 atom stereocenters. The highest BCUT2D eigenvalue weighted by Gasteiger charge is 1.63. The highest BCUT2D eigenvalue weighted by atomic mass is 14.8. The van der Waals surface area contributed by atoms with E-state index in [4.69, 9.17) is 0 Å². The number of allylic oxidation sites excluding steroid dienone is 3. The van der Waals surface area contributed by atoms with Gasteiger partial charge in [-0.3, -0.25) is 0 Å². The zero-order valence-electron chi connectivity index (χ0n) is 5.59. The van der Waals surface area contributed by atoms with Crippen molar-refractivity contribution in [2.45, 2.75) is 13.3 Å². The van der Waals surface area contributed by atoms with Crippen molar-refractivity contribution < 1.29 is 5.32 Å². The summed E-state index contributed by atoms with van der Waals surface area (Å²) >= 11 is 0. The second kappa shape index (κ2) is 6.44. The van der Waals surface area contributed by atoms with E-state index in [0.717, 1.165) is 6.42 Å². The van der Waals surface area contributed by atoms with Crippen LogP contribution in [-0.4, -0.2) is 7.05 Å². The third-order valence-corrected chi connectivity index (χ3v) is 0.786. The summed E-state index contributed by atoms with van der Waals surface area (Å²) in [6, 6.07) is 0. The Morgan fingerprint density at radius 2 is 2.12 bits per heavy atom. The van der Waals surface area contributed by atoms with Gasteiger partial charge in [0.05, 0.1) is 13.2 Å². The summed E-state index contributed by atoms with van der Waals surface area (Å²) in [6.07, 6.45) is 9.35. The van der Waals surface area contributed by atoms with Crippen molar-refractivity contribution in [2.75, 3.05) is 7.05 Å². The summed E-state index contributed by atoms with van der Waals surface area (Å²) in [5.41, 5.74) is 0. The predicted octanol–water partition coefficient (Wildman–Crippen LogP) is 0.660. The molecule has 0 aromatic heterocycles. The maximum Gasteiger partial charge on any atom is 0.0923 e. The number of hydrogen-bond donors (Lipinski definition) is 1. The van der Waals surface area contributed by atoms with Crippen LogP contribution in [-0.2, 0) is 0 Å². The zero-order valence-corrected chi connectivity index (χ0v) is 5.59. The second-order valence-corrected chi connectivity index (χ2v) is 1.55. The topological polar surface area (TPSA) is 16.6 Å². The van der Waals surface area contributed by atoms with Crippen molar-refractivity contribution in [2.24, 2.45) is 0 Å². The van der Waals surface area contributed by atoms with Crippen molar-refractivity contribution in [3.05, 3.63) is 24.4 Å². The van der Waals surface area contributed by atoms with Gasteiger partial charge in [-0.15, -0.1) is 0 Å². The summed E-state index contributed by atoms with van der Waals surface area (Å²) in [5.74, 6) is 0. The molecule has 8 heavy (non-hydrogen) atoms. The minimum absolute atomic E-state index is 1.12. The van der Waals surface area contributed by atoms with Crippen LogP contribution in [0.15, 0.2) is 24.4 Å². The smallest absolute Gasteiger partial charge is 0.0923 e. The number of nitrogens with two attached hydrogens (primary N) is 1. The van der Waals surface area contributed by atoms with Crippen LogP contribution in [0.2, 0.25) is 0 Å². The van der Waals surface area contributed by atoms with Gasteiger partial charge >= 0.3 is 0 Å². The predicted molar refractivity (Wildman–Crippen MR) is 36.4 cm³/mol. The van der Waals surface area contributed by atoms with E-state index in [2.05, 4.69) is 19.1 Å². The Morgan fingerprint density at radius 3 is 2.62 bits per heavy atom. The van der Waals surface area contributed by atoms with Crippen LogP contribution in [0, 0.1) is 0 Å². The molecule has 0 aliphatic rings. The van der Waals surface area contributed by atoms with E-state index in [0.29, 0.717) is 0 Å². The summed E-state index contributed by atoms with van der Waals surface area (Å²) < 4.78 is 0. The van der Waals surface area contributed by atoms with Crippen LogP contribution in [0.3, 0.4) is 0 Å². The van der Waals surface area contributed by atoms with Gasteiger partial charge in [0.15, 0.2) is 0 Å². The van der Waals surface area contributed by atoms with E-state index in [1.807, 2.05) is 24.6 Å². The lowest BCUT2D eigenvalue weighted by molar-refractivity contribution is -0.556. The first-order valence-corrected chi connectivity index (χ1v) is 3.03. The van der Waals surface area contributed by atoms with Gasteiger partial charge in [-0.25, -0.2) is 0 Å². The molecule has 46 valence electrons. The third-order valence-electron chi connectivity index (χ3n) is 0.786. The lowest BCUT2D eigenvalue weighted by Crippen LogP contribution is -2.72. The van der Waals surface area contributed by atoms with Crippen molar-refractivity contribution in [3.63, 3.8) is 0 Å². The van der Waals surface area contributed by atoms with Crippen LogP contribution < -0.4 is 5.32 Å². The first kappa shape index (κ1) is 7.44. The van der Waals surface area contributed by atoms with E-state index in [-0.39, 0.29) is 0 Å². The van der Waals surface area contributed by atoms with Crippen LogP contribution in [0.25, 0.3) is 0 Å². The van der Waals surface area contributed by atoms with Gasteiger partial charge in [0.2, 0.25) is 0 Å². The molecule has 1 heteroatoms. The Labute approximate surface area is 51.1 Å². The molecule has 0 rings (SSSR count). The molecule has 0 aromatic carbocycles. The number of rotatable bonds is 3. The summed E-state index contributed by atoms with van der Waals surface area (Å²) in [7, 11) is 2.01. The van der Waals surface area contributed by atoms with Gasteiger partial charge in [0, 0.05) is 0 Å². The largest absolute Gasteiger partial charge is 0.322 e. The number of hydrogen-bond acceptors (Lipinski definition) is 0. The van der Waals surface area contributed by atoms with Crippen molar-refractivity contribution in [1.29, 1.82) is 0 Å². The molecule has 0 unspecified atom stereocenters. The molecule has 0 aliphatic heterocycles. The van der Waals surface area contributed by atoms with Crippen LogP contribution >= 0.6 is 0 Å². The molecule has 0 radical (unpaired) electrons. The zero-order chi connectivity index (χ0) is 6.24. The molecule has 0 fully saturated rings. The first-order chi connectivity index (χ1) is 3.91. The molecule has 0 saturated carbocycles. The molecule has 0 heterocycles. The first-order valence-electron chi connectivity index (χ1n) is 3.03. The van der Waals surface area contributed by atoms with E-state index in [9.17, 15) is 0 Å². The van der Waals surface area contributed by atoms with Crippen LogP contribution in [0.4, 0.5) is 0 Å². The average molecular weight is 112 g/mol. The SMILES string of the molecule is CCC=CC=C[NH2+]C. The van der Waals surface area contributed by atoms with Gasteiger partial charge in [-0.1, -0.05) is 19.1 Å². The Kier molecular flexibility index (Phi) is 5.99. The fourth-order valence-corrected chi connectivity index (χ4v) is 0.390. The lowest BCUT2D eigenvalue weighted by atomic mass is 10.4. The van der Waals surface area contributed by atoms with Gasteiger partial charge in [-0.05, 0) is 12.5 Å². The molecule has 0 amide bonds. The van der Waals surface area contributed by atoms with Gasteiger partial charge in [0.1, 0.15) is 0 Å². The minimum atomic E-state index is 1.12. The minimum Gasteiger partial charge on any atom is -0.322 e. The molecule has 0 aliphatic carbocycles. The maximum absolute atomic E-state index is 2.12. The highest BCUT2D eigenvalue weighted by Crippen LogP contribution is 1.77. The fraction of sp³-hybridized carbons (Fsp3) is 0.429. The van der Waals surface area contributed by atoms with E-state index < -0.39 is 0 Å². The fourth-order valence-electron chi connectivity index (χ4n) is 0.390. The normalized spacial score (nSPS) is 11.8. The molecule has 2 N–H and O–H groups in total. The number of quaternary nitrogens is 1. The molecule has 1 nitrogen and oxygen atoms in total. The Bertz CT molecular complexity index is 70.4. The molecule has 0 spiro atoms. The third kappa shape index (κ3) is 5.44. The van der Waals surface area contributed by atoms with Gasteiger partial charge < -0.3 is 5.32 Å². The molecule has 0 aromatic rings. The van der Waals surface area contributed by atoms with Gasteiger partial charge in [0.25, 0.3) is 0 Å². The maximum atomic E-state index is 2.12. The summed E-state index contributed by atoms with van der Waals surface area (Å²) in [6.45, 7) is 2.12. The lowest BCUT2D eigenvalue weighted by Gasteiger charge is -1.74. The second-order valence-electron chi connectivity index (χ2n) is 1.55. The highest BCUT2D eigenvalue weighted by molar-refractivity contribution is 4.98. The van der Waals surface area contributed by atoms with Crippen molar-refractivity contribution >= 4 is 0 Å². The van der Waals surface area contributed by atoms with Crippen LogP contribution in [0.5, 0.6) is 0 Å². The van der Waals surface area contributed by atoms with Crippen LogP contribution in [0.1, 0.15) is 13.3 Å². The molecule has 0 bridgehead atoms. The average Bonchev–Trinajstić information content (AvgIpc) is 1.81. The monoisotopic (exact) mass is 112 g/mol.